The Kier molecular flexibility index (Phi) is 6.30. The first kappa shape index (κ1) is 18.0. The number of carbonyl (C=O) groups excluding carboxylic acids is 2. The average Bonchev–Trinajstić information content (AvgIpc) is 3.21. The number of benzene rings is 1. The molecule has 1 aromatic carbocycles. The molecule has 3 rings (SSSR count). The minimum absolute atomic E-state index is 0.0815. The van der Waals surface area contributed by atoms with Crippen molar-refractivity contribution >= 4 is 11.8 Å². The molecule has 1 saturated heterocycles. The summed E-state index contributed by atoms with van der Waals surface area (Å²) in [6, 6.07) is 13.0. The smallest absolute Gasteiger partial charge is 0.287 e. The maximum Gasteiger partial charge on any atom is 0.287 e. The van der Waals surface area contributed by atoms with Crippen LogP contribution in [0.5, 0.6) is 5.75 Å². The van der Waals surface area contributed by atoms with Crippen molar-refractivity contribution in [1.82, 2.24) is 10.2 Å². The van der Waals surface area contributed by atoms with E-state index in [4.69, 9.17) is 9.15 Å². The fraction of sp³-hybridized carbons (Fsp3) is 0.400. The molecular formula is C20H24N2O4. The van der Waals surface area contributed by atoms with Crippen LogP contribution < -0.4 is 10.1 Å². The molecule has 1 fully saturated rings. The minimum atomic E-state index is -0.196. The zero-order chi connectivity index (χ0) is 18.2. The van der Waals surface area contributed by atoms with E-state index in [0.29, 0.717) is 38.3 Å². The summed E-state index contributed by atoms with van der Waals surface area (Å²) in [6.07, 6.45) is 4.19. The normalized spacial score (nSPS) is 14.8. The van der Waals surface area contributed by atoms with Gasteiger partial charge in [-0.15, -0.1) is 0 Å². The van der Waals surface area contributed by atoms with Crippen LogP contribution in [0.4, 0.5) is 0 Å². The molecular weight excluding hydrogens is 332 g/mol. The number of rotatable bonds is 7. The summed E-state index contributed by atoms with van der Waals surface area (Å²) in [4.78, 5) is 26.1. The van der Waals surface area contributed by atoms with E-state index < -0.39 is 0 Å². The van der Waals surface area contributed by atoms with Gasteiger partial charge in [-0.25, -0.2) is 0 Å². The lowest BCUT2D eigenvalue weighted by atomic mass is 10.0. The van der Waals surface area contributed by atoms with Crippen molar-refractivity contribution in [2.45, 2.75) is 31.7 Å². The van der Waals surface area contributed by atoms with Crippen LogP contribution in [0.1, 0.15) is 36.2 Å². The average molecular weight is 356 g/mol. The third-order valence-electron chi connectivity index (χ3n) is 4.47. The molecule has 0 bridgehead atoms. The van der Waals surface area contributed by atoms with Gasteiger partial charge in [-0.2, -0.15) is 0 Å². The molecule has 2 amide bonds. The van der Waals surface area contributed by atoms with Gasteiger partial charge in [0.05, 0.1) is 12.9 Å². The SMILES string of the molecule is O=C(NC1CCN(C(=O)CCCOc2ccccc2)CC1)c1ccco1. The molecule has 0 radical (unpaired) electrons. The molecule has 1 aromatic heterocycles. The largest absolute Gasteiger partial charge is 0.494 e. The Hall–Kier alpha value is -2.76. The molecule has 1 aliphatic heterocycles. The molecule has 2 heterocycles. The Morgan fingerprint density at radius 1 is 1.12 bits per heavy atom. The number of piperidine rings is 1. The summed E-state index contributed by atoms with van der Waals surface area (Å²) in [5, 5.41) is 2.96. The monoisotopic (exact) mass is 356 g/mol. The zero-order valence-electron chi connectivity index (χ0n) is 14.7. The predicted octanol–water partition coefficient (Wildman–Crippen LogP) is 2.86. The van der Waals surface area contributed by atoms with E-state index >= 15 is 0 Å². The summed E-state index contributed by atoms with van der Waals surface area (Å²) in [6.45, 7) is 1.87. The van der Waals surface area contributed by atoms with E-state index in [1.54, 1.807) is 12.1 Å². The van der Waals surface area contributed by atoms with E-state index in [0.717, 1.165) is 18.6 Å². The maximum absolute atomic E-state index is 12.3. The third kappa shape index (κ3) is 5.12. The molecule has 6 nitrogen and oxygen atoms in total. The van der Waals surface area contributed by atoms with Gasteiger partial charge in [-0.05, 0) is 43.5 Å². The summed E-state index contributed by atoms with van der Waals surface area (Å²) in [7, 11) is 0. The molecule has 2 aromatic rings. The Labute approximate surface area is 153 Å². The molecule has 0 atom stereocenters. The standard InChI is InChI=1S/C20H24N2O4/c23-19(9-5-14-25-17-6-2-1-3-7-17)22-12-10-16(11-13-22)21-20(24)18-8-4-15-26-18/h1-4,6-8,15-16H,5,9-14H2,(H,21,24). The quantitative estimate of drug-likeness (QED) is 0.775. The van der Waals surface area contributed by atoms with Crippen LogP contribution in [0.15, 0.2) is 53.1 Å². The van der Waals surface area contributed by atoms with Gasteiger partial charge in [-0.1, -0.05) is 18.2 Å². The van der Waals surface area contributed by atoms with Gasteiger partial charge in [0.25, 0.3) is 5.91 Å². The molecule has 6 heteroatoms. The van der Waals surface area contributed by atoms with Crippen LogP contribution in [-0.2, 0) is 4.79 Å². The van der Waals surface area contributed by atoms with Crippen LogP contribution in [-0.4, -0.2) is 42.5 Å². The Morgan fingerprint density at radius 3 is 2.58 bits per heavy atom. The number of hydrogen-bond donors (Lipinski definition) is 1. The van der Waals surface area contributed by atoms with Crippen LogP contribution >= 0.6 is 0 Å². The maximum atomic E-state index is 12.3. The van der Waals surface area contributed by atoms with Crippen molar-refractivity contribution in [2.75, 3.05) is 19.7 Å². The number of likely N-dealkylation sites (tertiary alicyclic amines) is 1. The number of para-hydroxylation sites is 1. The minimum Gasteiger partial charge on any atom is -0.494 e. The van der Waals surface area contributed by atoms with E-state index in [9.17, 15) is 9.59 Å². The number of amides is 2. The number of hydrogen-bond acceptors (Lipinski definition) is 4. The van der Waals surface area contributed by atoms with Gasteiger partial charge in [0, 0.05) is 25.6 Å². The van der Waals surface area contributed by atoms with Crippen molar-refractivity contribution < 1.29 is 18.7 Å². The number of nitrogens with one attached hydrogen (secondary N) is 1. The van der Waals surface area contributed by atoms with Gasteiger partial charge in [0.15, 0.2) is 5.76 Å². The lowest BCUT2D eigenvalue weighted by Gasteiger charge is -2.32. The molecule has 0 aliphatic carbocycles. The van der Waals surface area contributed by atoms with E-state index in [2.05, 4.69) is 5.32 Å². The molecule has 26 heavy (non-hydrogen) atoms. The molecule has 0 saturated carbocycles. The first-order valence-electron chi connectivity index (χ1n) is 9.02. The summed E-state index contributed by atoms with van der Waals surface area (Å²) in [5.41, 5.74) is 0. The van der Waals surface area contributed by atoms with Crippen LogP contribution in [0, 0.1) is 0 Å². The summed E-state index contributed by atoms with van der Waals surface area (Å²) >= 11 is 0. The van der Waals surface area contributed by atoms with Crippen molar-refractivity contribution in [2.24, 2.45) is 0 Å². The highest BCUT2D eigenvalue weighted by atomic mass is 16.5. The molecule has 0 spiro atoms. The van der Waals surface area contributed by atoms with Crippen molar-refractivity contribution in [3.05, 3.63) is 54.5 Å². The Morgan fingerprint density at radius 2 is 1.88 bits per heavy atom. The fourth-order valence-corrected chi connectivity index (χ4v) is 3.03. The zero-order valence-corrected chi connectivity index (χ0v) is 14.7. The first-order valence-corrected chi connectivity index (χ1v) is 9.02. The molecule has 1 N–H and O–H groups in total. The number of carbonyl (C=O) groups is 2. The number of nitrogens with zero attached hydrogens (tertiary/aromatic N) is 1. The number of ether oxygens (including phenoxy) is 1. The molecule has 1 aliphatic rings. The van der Waals surface area contributed by atoms with Crippen molar-refractivity contribution in [3.63, 3.8) is 0 Å². The predicted molar refractivity (Wildman–Crippen MR) is 96.9 cm³/mol. The fourth-order valence-electron chi connectivity index (χ4n) is 3.03. The van der Waals surface area contributed by atoms with Crippen LogP contribution in [0.25, 0.3) is 0 Å². The van der Waals surface area contributed by atoms with E-state index in [1.807, 2.05) is 35.2 Å². The Balaban J connectivity index is 1.32. The highest BCUT2D eigenvalue weighted by Crippen LogP contribution is 2.14. The van der Waals surface area contributed by atoms with Crippen molar-refractivity contribution in [1.29, 1.82) is 0 Å². The van der Waals surface area contributed by atoms with Gasteiger partial charge in [-0.3, -0.25) is 9.59 Å². The highest BCUT2D eigenvalue weighted by Gasteiger charge is 2.24. The van der Waals surface area contributed by atoms with E-state index in [1.165, 1.54) is 6.26 Å². The van der Waals surface area contributed by atoms with Crippen molar-refractivity contribution in [3.8, 4) is 5.75 Å². The second-order valence-electron chi connectivity index (χ2n) is 6.37. The van der Waals surface area contributed by atoms with E-state index in [-0.39, 0.29) is 17.9 Å². The van der Waals surface area contributed by atoms with Gasteiger partial charge >= 0.3 is 0 Å². The topological polar surface area (TPSA) is 71.8 Å². The Bertz CT molecular complexity index is 692. The highest BCUT2D eigenvalue weighted by molar-refractivity contribution is 5.91. The van der Waals surface area contributed by atoms with Crippen LogP contribution in [0.3, 0.4) is 0 Å². The summed E-state index contributed by atoms with van der Waals surface area (Å²) < 4.78 is 10.7. The lowest BCUT2D eigenvalue weighted by molar-refractivity contribution is -0.132. The summed E-state index contributed by atoms with van der Waals surface area (Å²) in [5.74, 6) is 1.10. The molecule has 138 valence electrons. The van der Waals surface area contributed by atoms with Gasteiger partial charge < -0.3 is 19.4 Å². The lowest BCUT2D eigenvalue weighted by Crippen LogP contribution is -2.46. The second-order valence-corrected chi connectivity index (χ2v) is 6.37. The first-order chi connectivity index (χ1) is 12.7. The molecule has 0 unspecified atom stereocenters. The van der Waals surface area contributed by atoms with Gasteiger partial charge in [0.2, 0.25) is 5.91 Å². The second kappa shape index (κ2) is 9.08. The van der Waals surface area contributed by atoms with Crippen LogP contribution in [0.2, 0.25) is 0 Å². The van der Waals surface area contributed by atoms with Gasteiger partial charge in [0.1, 0.15) is 5.75 Å². The third-order valence-corrected chi connectivity index (χ3v) is 4.47. The number of furan rings is 1.